The molecule has 1 aliphatic heterocycles. The van der Waals surface area contributed by atoms with Crippen LogP contribution in [-0.4, -0.2) is 46.9 Å². The molecule has 9 nitrogen and oxygen atoms in total. The summed E-state index contributed by atoms with van der Waals surface area (Å²) in [5, 5.41) is 15.4. The van der Waals surface area contributed by atoms with Gasteiger partial charge in [0.1, 0.15) is 16.6 Å². The number of carbonyl (C=O) groups is 4. The van der Waals surface area contributed by atoms with Crippen molar-refractivity contribution in [2.45, 2.75) is 77.4 Å². The standard InChI is InChI=1S/C22H28N4O5S/c1-13(31-17(27)10-7-11-26-20(29)22(2,3)25-21(26)30)18(28)24-19-15(12-23)14-8-5-4-6-9-16(14)32-19/h13H,4-11H2,1-3H3,(H,24,28)(H,25,30). The Balaban J connectivity index is 1.50. The lowest BCUT2D eigenvalue weighted by atomic mass is 10.1. The van der Waals surface area contributed by atoms with Crippen molar-refractivity contribution in [3.05, 3.63) is 16.0 Å². The first kappa shape index (κ1) is 23.7. The van der Waals surface area contributed by atoms with Crippen molar-refractivity contribution in [3.8, 4) is 6.07 Å². The number of urea groups is 1. The van der Waals surface area contributed by atoms with Gasteiger partial charge in [-0.25, -0.2) is 4.79 Å². The maximum atomic E-state index is 12.5. The quantitative estimate of drug-likeness (QED) is 0.366. The summed E-state index contributed by atoms with van der Waals surface area (Å²) in [6.07, 6.45) is 4.14. The first-order valence-electron chi connectivity index (χ1n) is 10.8. The zero-order valence-electron chi connectivity index (χ0n) is 18.6. The lowest BCUT2D eigenvalue weighted by Gasteiger charge is -2.16. The number of nitriles is 1. The van der Waals surface area contributed by atoms with E-state index >= 15 is 0 Å². The van der Waals surface area contributed by atoms with Crippen LogP contribution in [0.2, 0.25) is 0 Å². The average Bonchev–Trinajstić information content (AvgIpc) is 3.01. The number of fused-ring (bicyclic) bond motifs is 1. The van der Waals surface area contributed by atoms with Crippen molar-refractivity contribution >= 4 is 40.2 Å². The van der Waals surface area contributed by atoms with Gasteiger partial charge in [-0.05, 0) is 58.4 Å². The van der Waals surface area contributed by atoms with Crippen LogP contribution in [0.5, 0.6) is 0 Å². The van der Waals surface area contributed by atoms with Gasteiger partial charge in [0.05, 0.1) is 5.56 Å². The molecule has 2 heterocycles. The molecule has 0 bridgehead atoms. The number of amides is 4. The predicted octanol–water partition coefficient (Wildman–Crippen LogP) is 2.87. The van der Waals surface area contributed by atoms with Crippen LogP contribution in [0.25, 0.3) is 0 Å². The van der Waals surface area contributed by atoms with E-state index in [-0.39, 0.29) is 25.3 Å². The second-order valence-corrected chi connectivity index (χ2v) is 9.72. The number of rotatable bonds is 7. The minimum atomic E-state index is -1.04. The lowest BCUT2D eigenvalue weighted by Crippen LogP contribution is -2.40. The average molecular weight is 461 g/mol. The van der Waals surface area contributed by atoms with Gasteiger partial charge in [-0.2, -0.15) is 5.26 Å². The third kappa shape index (κ3) is 5.10. The number of nitrogens with one attached hydrogen (secondary N) is 2. The second-order valence-electron chi connectivity index (χ2n) is 8.62. The molecule has 3 rings (SSSR count). The van der Waals surface area contributed by atoms with Crippen molar-refractivity contribution in [2.24, 2.45) is 0 Å². The van der Waals surface area contributed by atoms with Gasteiger partial charge in [0.2, 0.25) is 0 Å². The molecule has 172 valence electrons. The summed E-state index contributed by atoms with van der Waals surface area (Å²) in [5.74, 6) is -1.44. The largest absolute Gasteiger partial charge is 0.453 e. The number of imide groups is 1. The summed E-state index contributed by atoms with van der Waals surface area (Å²) >= 11 is 1.42. The highest BCUT2D eigenvalue weighted by Crippen LogP contribution is 2.37. The molecule has 0 aromatic carbocycles. The third-order valence-corrected chi connectivity index (χ3v) is 6.86. The molecule has 1 atom stereocenters. The fourth-order valence-corrected chi connectivity index (χ4v) is 5.12. The fourth-order valence-electron chi connectivity index (χ4n) is 3.87. The molecule has 0 spiro atoms. The summed E-state index contributed by atoms with van der Waals surface area (Å²) in [7, 11) is 0. The van der Waals surface area contributed by atoms with Crippen LogP contribution in [-0.2, 0) is 32.0 Å². The summed E-state index contributed by atoms with van der Waals surface area (Å²) in [6, 6.07) is 1.72. The smallest absolute Gasteiger partial charge is 0.325 e. The Kier molecular flexibility index (Phi) is 7.19. The first-order chi connectivity index (χ1) is 15.1. The van der Waals surface area contributed by atoms with Crippen LogP contribution in [0.4, 0.5) is 9.80 Å². The van der Waals surface area contributed by atoms with E-state index < -0.39 is 29.6 Å². The van der Waals surface area contributed by atoms with Crippen LogP contribution in [0, 0.1) is 11.3 Å². The Labute approximate surface area is 191 Å². The van der Waals surface area contributed by atoms with Gasteiger partial charge in [0.25, 0.3) is 11.8 Å². The van der Waals surface area contributed by atoms with Crippen molar-refractivity contribution in [1.29, 1.82) is 5.26 Å². The Bertz CT molecular complexity index is 978. The van der Waals surface area contributed by atoms with Crippen LogP contribution < -0.4 is 10.6 Å². The molecule has 0 saturated carbocycles. The van der Waals surface area contributed by atoms with Gasteiger partial charge in [0, 0.05) is 17.8 Å². The summed E-state index contributed by atoms with van der Waals surface area (Å²) in [5.41, 5.74) is 0.584. The second kappa shape index (κ2) is 9.69. The van der Waals surface area contributed by atoms with Gasteiger partial charge in [-0.1, -0.05) is 6.42 Å². The summed E-state index contributed by atoms with van der Waals surface area (Å²) < 4.78 is 5.21. The van der Waals surface area contributed by atoms with E-state index in [2.05, 4.69) is 16.7 Å². The molecule has 1 saturated heterocycles. The molecule has 1 fully saturated rings. The molecule has 4 amide bonds. The van der Waals surface area contributed by atoms with Crippen molar-refractivity contribution in [3.63, 3.8) is 0 Å². The highest BCUT2D eigenvalue weighted by molar-refractivity contribution is 7.16. The molecular weight excluding hydrogens is 432 g/mol. The zero-order chi connectivity index (χ0) is 23.5. The van der Waals surface area contributed by atoms with Gasteiger partial charge in [0.15, 0.2) is 6.10 Å². The molecule has 2 aliphatic rings. The predicted molar refractivity (Wildman–Crippen MR) is 118 cm³/mol. The number of thiophene rings is 1. The molecule has 1 aliphatic carbocycles. The number of anilines is 1. The van der Waals surface area contributed by atoms with Crippen molar-refractivity contribution in [2.75, 3.05) is 11.9 Å². The van der Waals surface area contributed by atoms with Crippen LogP contribution in [0.1, 0.15) is 68.9 Å². The van der Waals surface area contributed by atoms with Gasteiger partial charge in [-0.15, -0.1) is 11.3 Å². The van der Waals surface area contributed by atoms with Crippen LogP contribution in [0.3, 0.4) is 0 Å². The van der Waals surface area contributed by atoms with E-state index in [4.69, 9.17) is 4.74 Å². The Hall–Kier alpha value is -2.93. The van der Waals surface area contributed by atoms with E-state index in [1.807, 2.05) is 0 Å². The van der Waals surface area contributed by atoms with E-state index in [1.165, 1.54) is 18.3 Å². The minimum Gasteiger partial charge on any atom is -0.453 e. The Morgan fingerprint density at radius 3 is 2.66 bits per heavy atom. The normalized spacial score (nSPS) is 18.2. The Morgan fingerprint density at radius 1 is 1.28 bits per heavy atom. The number of nitrogens with zero attached hydrogens (tertiary/aromatic N) is 2. The number of hydrogen-bond acceptors (Lipinski definition) is 7. The molecule has 1 aromatic heterocycles. The van der Waals surface area contributed by atoms with Gasteiger partial charge >= 0.3 is 12.0 Å². The molecular formula is C22H28N4O5S. The number of ether oxygens (including phenoxy) is 1. The van der Waals surface area contributed by atoms with E-state index in [0.717, 1.165) is 47.4 Å². The van der Waals surface area contributed by atoms with Crippen molar-refractivity contribution < 1.29 is 23.9 Å². The van der Waals surface area contributed by atoms with Crippen LogP contribution >= 0.6 is 11.3 Å². The monoisotopic (exact) mass is 460 g/mol. The number of hydrogen-bond donors (Lipinski definition) is 2. The summed E-state index contributed by atoms with van der Waals surface area (Å²) in [4.78, 5) is 50.9. The maximum absolute atomic E-state index is 12.5. The number of carbonyl (C=O) groups excluding carboxylic acids is 4. The van der Waals surface area contributed by atoms with E-state index in [1.54, 1.807) is 13.8 Å². The SMILES string of the molecule is CC(OC(=O)CCCN1C(=O)NC(C)(C)C1=O)C(=O)Nc1sc2c(c1C#N)CCCCC2. The Morgan fingerprint density at radius 2 is 2.00 bits per heavy atom. The minimum absolute atomic E-state index is 0.0359. The molecule has 1 unspecified atom stereocenters. The number of aryl methyl sites for hydroxylation is 1. The highest BCUT2D eigenvalue weighted by Gasteiger charge is 2.43. The zero-order valence-corrected chi connectivity index (χ0v) is 19.4. The maximum Gasteiger partial charge on any atom is 0.325 e. The highest BCUT2D eigenvalue weighted by atomic mass is 32.1. The molecule has 10 heteroatoms. The molecule has 32 heavy (non-hydrogen) atoms. The van der Waals surface area contributed by atoms with Gasteiger partial charge < -0.3 is 15.4 Å². The lowest BCUT2D eigenvalue weighted by molar-refractivity contribution is -0.153. The molecule has 2 N–H and O–H groups in total. The number of esters is 1. The van der Waals surface area contributed by atoms with E-state index in [0.29, 0.717) is 10.6 Å². The first-order valence-corrected chi connectivity index (χ1v) is 11.6. The van der Waals surface area contributed by atoms with Crippen LogP contribution in [0.15, 0.2) is 0 Å². The molecule has 1 aromatic rings. The topological polar surface area (TPSA) is 129 Å². The van der Waals surface area contributed by atoms with E-state index in [9.17, 15) is 24.4 Å². The molecule has 0 radical (unpaired) electrons. The van der Waals surface area contributed by atoms with Crippen molar-refractivity contribution in [1.82, 2.24) is 10.2 Å². The summed E-state index contributed by atoms with van der Waals surface area (Å²) in [6.45, 7) is 4.80. The fraction of sp³-hybridized carbons (Fsp3) is 0.591. The third-order valence-electron chi connectivity index (χ3n) is 5.65. The van der Waals surface area contributed by atoms with Gasteiger partial charge in [-0.3, -0.25) is 19.3 Å².